The minimum Gasteiger partial charge on any atom is -0.444 e. The van der Waals surface area contributed by atoms with Gasteiger partial charge in [-0.1, -0.05) is 18.2 Å². The van der Waals surface area contributed by atoms with Crippen LogP contribution in [0.3, 0.4) is 0 Å². The monoisotopic (exact) mass is 398 g/mol. The summed E-state index contributed by atoms with van der Waals surface area (Å²) in [6.07, 6.45) is 0.418. The number of aryl methyl sites for hydroxylation is 1. The highest BCUT2D eigenvalue weighted by molar-refractivity contribution is 6.06. The van der Waals surface area contributed by atoms with Gasteiger partial charge in [0.15, 0.2) is 5.82 Å². The smallest absolute Gasteiger partial charge is 0.410 e. The third-order valence-corrected chi connectivity index (χ3v) is 4.64. The maximum Gasteiger partial charge on any atom is 0.410 e. The van der Waals surface area contributed by atoms with Crippen LogP contribution in [0, 0.1) is 0 Å². The van der Waals surface area contributed by atoms with E-state index in [9.17, 15) is 4.79 Å². The Bertz CT molecular complexity index is 1020. The second-order valence-electron chi connectivity index (χ2n) is 8.03. The zero-order valence-corrected chi connectivity index (χ0v) is 17.6. The Morgan fingerprint density at radius 3 is 2.62 bits per heavy atom. The summed E-state index contributed by atoms with van der Waals surface area (Å²) in [6.45, 7) is 9.54. The minimum absolute atomic E-state index is 0.318. The molecular weight excluding hydrogens is 368 g/mol. The molecule has 3 aromatic rings. The van der Waals surface area contributed by atoms with Crippen LogP contribution in [-0.4, -0.2) is 44.2 Å². The second-order valence-corrected chi connectivity index (χ2v) is 8.03. The number of imidazole rings is 1. The Morgan fingerprint density at radius 2 is 1.97 bits per heavy atom. The average molecular weight is 399 g/mol. The van der Waals surface area contributed by atoms with Gasteiger partial charge in [0, 0.05) is 18.5 Å². The summed E-state index contributed by atoms with van der Waals surface area (Å²) in [5.74, 6) is 1.12. The SMILES string of the molecule is CCN(Cc1nc2c(N)nc3ccccc3c2n1CCCN)C(=O)OC(C)(C)C. The fourth-order valence-corrected chi connectivity index (χ4v) is 3.32. The van der Waals surface area contributed by atoms with E-state index in [0.717, 1.165) is 28.7 Å². The highest BCUT2D eigenvalue weighted by atomic mass is 16.6. The molecule has 0 bridgehead atoms. The van der Waals surface area contributed by atoms with Crippen molar-refractivity contribution in [2.45, 2.75) is 52.8 Å². The zero-order valence-electron chi connectivity index (χ0n) is 17.6. The molecule has 0 unspecified atom stereocenters. The lowest BCUT2D eigenvalue weighted by Crippen LogP contribution is -2.37. The summed E-state index contributed by atoms with van der Waals surface area (Å²) >= 11 is 0. The third kappa shape index (κ3) is 4.42. The van der Waals surface area contributed by atoms with Crippen molar-refractivity contribution in [2.24, 2.45) is 5.73 Å². The van der Waals surface area contributed by atoms with Crippen molar-refractivity contribution in [3.05, 3.63) is 30.1 Å². The molecule has 29 heavy (non-hydrogen) atoms. The number of para-hydroxylation sites is 1. The van der Waals surface area contributed by atoms with Gasteiger partial charge in [-0.15, -0.1) is 0 Å². The summed E-state index contributed by atoms with van der Waals surface area (Å²) < 4.78 is 7.65. The van der Waals surface area contributed by atoms with Gasteiger partial charge in [0.05, 0.1) is 17.6 Å². The van der Waals surface area contributed by atoms with Gasteiger partial charge in [-0.05, 0) is 46.7 Å². The van der Waals surface area contributed by atoms with Crippen LogP contribution >= 0.6 is 0 Å². The number of aromatic nitrogens is 3. The van der Waals surface area contributed by atoms with Gasteiger partial charge < -0.3 is 25.7 Å². The minimum atomic E-state index is -0.561. The molecule has 4 N–H and O–H groups in total. The topological polar surface area (TPSA) is 112 Å². The fraction of sp³-hybridized carbons (Fsp3) is 0.476. The first-order chi connectivity index (χ1) is 13.7. The molecule has 1 aromatic carbocycles. The van der Waals surface area contributed by atoms with Crippen LogP contribution in [0.2, 0.25) is 0 Å². The van der Waals surface area contributed by atoms with E-state index in [1.807, 2.05) is 52.0 Å². The van der Waals surface area contributed by atoms with E-state index in [2.05, 4.69) is 9.55 Å². The Hall–Kier alpha value is -2.87. The van der Waals surface area contributed by atoms with Crippen molar-refractivity contribution in [2.75, 3.05) is 18.8 Å². The van der Waals surface area contributed by atoms with Gasteiger partial charge in [0.1, 0.15) is 16.9 Å². The molecule has 1 amide bonds. The number of ether oxygens (including phenoxy) is 1. The number of nitrogen functional groups attached to an aromatic ring is 1. The van der Waals surface area contributed by atoms with Gasteiger partial charge in [-0.2, -0.15) is 0 Å². The molecule has 0 atom stereocenters. The zero-order chi connectivity index (χ0) is 21.2. The van der Waals surface area contributed by atoms with Gasteiger partial charge in [0.25, 0.3) is 0 Å². The van der Waals surface area contributed by atoms with E-state index < -0.39 is 5.60 Å². The quantitative estimate of drug-likeness (QED) is 0.659. The van der Waals surface area contributed by atoms with Crippen LogP contribution in [0.25, 0.3) is 21.9 Å². The molecule has 156 valence electrons. The molecule has 3 rings (SSSR count). The number of fused-ring (bicyclic) bond motifs is 3. The Labute approximate surface area is 170 Å². The van der Waals surface area contributed by atoms with Crippen LogP contribution in [-0.2, 0) is 17.8 Å². The van der Waals surface area contributed by atoms with Crippen molar-refractivity contribution in [1.82, 2.24) is 19.4 Å². The van der Waals surface area contributed by atoms with E-state index in [-0.39, 0.29) is 6.09 Å². The summed E-state index contributed by atoms with van der Waals surface area (Å²) in [7, 11) is 0. The lowest BCUT2D eigenvalue weighted by atomic mass is 10.2. The first-order valence-corrected chi connectivity index (χ1v) is 9.96. The molecule has 0 aliphatic rings. The highest BCUT2D eigenvalue weighted by Gasteiger charge is 2.24. The number of rotatable bonds is 6. The number of nitrogens with zero attached hydrogens (tertiary/aromatic N) is 4. The molecule has 2 aromatic heterocycles. The molecule has 8 heteroatoms. The number of carbonyl (C=O) groups excluding carboxylic acids is 1. The second kappa shape index (κ2) is 8.24. The van der Waals surface area contributed by atoms with Gasteiger partial charge >= 0.3 is 6.09 Å². The third-order valence-electron chi connectivity index (χ3n) is 4.64. The number of carbonyl (C=O) groups is 1. The first kappa shape index (κ1) is 20.9. The number of hydrogen-bond donors (Lipinski definition) is 2. The number of hydrogen-bond acceptors (Lipinski definition) is 6. The summed E-state index contributed by atoms with van der Waals surface area (Å²) in [5.41, 5.74) is 13.8. The maximum atomic E-state index is 12.6. The maximum absolute atomic E-state index is 12.6. The van der Waals surface area contributed by atoms with Crippen LogP contribution < -0.4 is 11.5 Å². The number of nitrogens with two attached hydrogens (primary N) is 2. The summed E-state index contributed by atoms with van der Waals surface area (Å²) in [4.78, 5) is 23.5. The Morgan fingerprint density at radius 1 is 1.24 bits per heavy atom. The predicted octanol–water partition coefficient (Wildman–Crippen LogP) is 3.27. The van der Waals surface area contributed by atoms with E-state index in [1.54, 1.807) is 4.90 Å². The van der Waals surface area contributed by atoms with Crippen LogP contribution in [0.15, 0.2) is 24.3 Å². The molecule has 0 aliphatic carbocycles. The van der Waals surface area contributed by atoms with Crippen molar-refractivity contribution in [3.8, 4) is 0 Å². The normalized spacial score (nSPS) is 11.9. The van der Waals surface area contributed by atoms with Crippen LogP contribution in [0.1, 0.15) is 39.9 Å². The molecule has 0 radical (unpaired) electrons. The highest BCUT2D eigenvalue weighted by Crippen LogP contribution is 2.29. The largest absolute Gasteiger partial charge is 0.444 e. The summed E-state index contributed by atoms with van der Waals surface area (Å²) in [5, 5.41) is 0.979. The molecule has 2 heterocycles. The molecule has 0 aliphatic heterocycles. The fourth-order valence-electron chi connectivity index (χ4n) is 3.32. The molecule has 0 fully saturated rings. The molecule has 0 saturated carbocycles. The molecule has 8 nitrogen and oxygen atoms in total. The number of benzene rings is 1. The number of pyridine rings is 1. The lowest BCUT2D eigenvalue weighted by Gasteiger charge is -2.26. The van der Waals surface area contributed by atoms with Gasteiger partial charge in [-0.3, -0.25) is 0 Å². The van der Waals surface area contributed by atoms with Gasteiger partial charge in [-0.25, -0.2) is 14.8 Å². The van der Waals surface area contributed by atoms with E-state index in [0.29, 0.717) is 37.5 Å². The number of anilines is 1. The average Bonchev–Trinajstić information content (AvgIpc) is 3.02. The molecule has 0 spiro atoms. The van der Waals surface area contributed by atoms with E-state index >= 15 is 0 Å². The Kier molecular flexibility index (Phi) is 5.93. The van der Waals surface area contributed by atoms with Crippen molar-refractivity contribution >= 4 is 33.8 Å². The first-order valence-electron chi connectivity index (χ1n) is 9.96. The van der Waals surface area contributed by atoms with Gasteiger partial charge in [0.2, 0.25) is 0 Å². The van der Waals surface area contributed by atoms with E-state index in [4.69, 9.17) is 21.2 Å². The van der Waals surface area contributed by atoms with E-state index in [1.165, 1.54) is 0 Å². The van der Waals surface area contributed by atoms with Crippen molar-refractivity contribution in [3.63, 3.8) is 0 Å². The molecular formula is C21H30N6O2. The Balaban J connectivity index is 2.10. The van der Waals surface area contributed by atoms with Crippen molar-refractivity contribution < 1.29 is 9.53 Å². The van der Waals surface area contributed by atoms with Crippen LogP contribution in [0.4, 0.5) is 10.6 Å². The summed E-state index contributed by atoms with van der Waals surface area (Å²) in [6, 6.07) is 7.85. The lowest BCUT2D eigenvalue weighted by molar-refractivity contribution is 0.0238. The standard InChI is InChI=1S/C21H30N6O2/c1-5-26(20(28)29-21(2,3)4)13-16-25-17-18(27(16)12-8-11-22)14-9-6-7-10-15(14)24-19(17)23/h6-7,9-10H,5,8,11-13,22H2,1-4H3,(H2,23,24). The molecule has 0 saturated heterocycles. The predicted molar refractivity (Wildman–Crippen MR) is 115 cm³/mol. The number of amides is 1. The van der Waals surface area contributed by atoms with Crippen LogP contribution in [0.5, 0.6) is 0 Å². The van der Waals surface area contributed by atoms with Crippen molar-refractivity contribution in [1.29, 1.82) is 0 Å².